The van der Waals surface area contributed by atoms with Crippen molar-refractivity contribution >= 4 is 45.2 Å². The molecule has 17 heavy (non-hydrogen) atoms. The molecule has 2 aromatic rings. The first-order chi connectivity index (χ1) is 8.24. The van der Waals surface area contributed by atoms with Gasteiger partial charge in [-0.2, -0.15) is 0 Å². The third kappa shape index (κ3) is 4.87. The minimum atomic E-state index is -1.29. The molecular formula is C12H8I2O2Zr. The molecule has 0 unspecified atom stereocenters. The van der Waals surface area contributed by atoms with Crippen molar-refractivity contribution in [2.75, 3.05) is 0 Å². The zero-order valence-corrected chi connectivity index (χ0v) is 15.5. The molecule has 0 aliphatic rings. The Hall–Kier alpha value is 0.383. The predicted octanol–water partition coefficient (Wildman–Crippen LogP) is 4.27. The number of hydrogen-bond donors (Lipinski definition) is 0. The van der Waals surface area contributed by atoms with E-state index in [0.29, 0.717) is 0 Å². The van der Waals surface area contributed by atoms with E-state index in [-0.39, 0.29) is 0 Å². The first-order valence-electron chi connectivity index (χ1n) is 4.84. The van der Waals surface area contributed by atoms with E-state index in [9.17, 15) is 0 Å². The summed E-state index contributed by atoms with van der Waals surface area (Å²) in [6.07, 6.45) is 0. The Morgan fingerprint density at radius 1 is 0.647 bits per heavy atom. The number of hydrogen-bond acceptors (Lipinski definition) is 2. The van der Waals surface area contributed by atoms with Crippen molar-refractivity contribution in [3.05, 3.63) is 55.7 Å². The van der Waals surface area contributed by atoms with Crippen LogP contribution >= 0.6 is 45.2 Å². The van der Waals surface area contributed by atoms with Gasteiger partial charge in [0, 0.05) is 0 Å². The quantitative estimate of drug-likeness (QED) is 0.552. The summed E-state index contributed by atoms with van der Waals surface area (Å²) < 4.78 is 13.7. The molecule has 2 rings (SSSR count). The molecule has 0 heterocycles. The first-order valence-corrected chi connectivity index (χ1v) is 9.00. The van der Waals surface area contributed by atoms with E-state index >= 15 is 0 Å². The third-order valence-electron chi connectivity index (χ3n) is 1.95. The molecule has 0 amide bonds. The van der Waals surface area contributed by atoms with E-state index in [4.69, 9.17) is 5.63 Å². The van der Waals surface area contributed by atoms with Crippen molar-refractivity contribution in [3.63, 3.8) is 0 Å². The average molecular weight is 529 g/mol. The summed E-state index contributed by atoms with van der Waals surface area (Å²) >= 11 is 3.25. The van der Waals surface area contributed by atoms with Crippen molar-refractivity contribution in [1.29, 1.82) is 0 Å². The molecule has 2 aromatic carbocycles. The predicted molar refractivity (Wildman–Crippen MR) is 79.6 cm³/mol. The zero-order valence-electron chi connectivity index (χ0n) is 8.69. The van der Waals surface area contributed by atoms with Gasteiger partial charge in [-0.15, -0.1) is 0 Å². The molecule has 0 fully saturated rings. The molecule has 0 aliphatic carbocycles. The van der Waals surface area contributed by atoms with Gasteiger partial charge in [-0.05, 0) is 0 Å². The van der Waals surface area contributed by atoms with Gasteiger partial charge in [0.2, 0.25) is 0 Å². The fourth-order valence-corrected chi connectivity index (χ4v) is 3.09. The van der Waals surface area contributed by atoms with E-state index in [1.54, 1.807) is 0 Å². The van der Waals surface area contributed by atoms with E-state index in [1.807, 2.05) is 48.5 Å². The summed E-state index contributed by atoms with van der Waals surface area (Å²) in [4.78, 5) is 0. The van der Waals surface area contributed by atoms with Gasteiger partial charge in [0.1, 0.15) is 0 Å². The van der Waals surface area contributed by atoms with Crippen molar-refractivity contribution in [1.82, 2.24) is 0 Å². The zero-order chi connectivity index (χ0) is 12.1. The van der Waals surface area contributed by atoms with Crippen LogP contribution in [0.5, 0.6) is 11.5 Å². The van der Waals surface area contributed by atoms with Crippen LogP contribution in [0.25, 0.3) is 0 Å². The van der Waals surface area contributed by atoms with E-state index in [0.717, 1.165) is 11.5 Å². The molecule has 86 valence electrons. The Kier molecular flexibility index (Phi) is 5.76. The van der Waals surface area contributed by atoms with E-state index in [1.165, 1.54) is 7.14 Å². The Morgan fingerprint density at radius 3 is 1.35 bits per heavy atom. The van der Waals surface area contributed by atoms with Gasteiger partial charge in [-0.25, -0.2) is 0 Å². The van der Waals surface area contributed by atoms with Gasteiger partial charge in [-0.1, -0.05) is 0 Å². The van der Waals surface area contributed by atoms with Crippen molar-refractivity contribution in [2.45, 2.75) is 0 Å². The topological polar surface area (TPSA) is 18.5 Å². The fraction of sp³-hybridized carbons (Fsp3) is 0. The van der Waals surface area contributed by atoms with Gasteiger partial charge >= 0.3 is 142 Å². The van der Waals surface area contributed by atoms with Gasteiger partial charge in [0.05, 0.1) is 0 Å². The van der Waals surface area contributed by atoms with Crippen LogP contribution in [0.2, 0.25) is 0 Å². The standard InChI is InChI=1S/2C6H5IO.Zr/c2*7-5-1-3-6(8)4-2-5;/h2*1-4,8H;/q;;+2/p-2. The molecule has 0 atom stereocenters. The summed E-state index contributed by atoms with van der Waals surface area (Å²) in [7, 11) is 0. The molecule has 0 N–H and O–H groups in total. The Labute approximate surface area is 140 Å². The number of rotatable bonds is 4. The van der Waals surface area contributed by atoms with Crippen LogP contribution in [0.15, 0.2) is 48.5 Å². The normalized spacial score (nSPS) is 9.76. The monoisotopic (exact) mass is 528 g/mol. The van der Waals surface area contributed by atoms with Crippen LogP contribution in [0.1, 0.15) is 0 Å². The number of halogens is 2. The molecule has 0 aromatic heterocycles. The molecule has 0 aliphatic heterocycles. The second-order valence-electron chi connectivity index (χ2n) is 3.20. The third-order valence-corrected chi connectivity index (χ3v) is 4.95. The summed E-state index contributed by atoms with van der Waals surface area (Å²) in [6, 6.07) is 16.0. The van der Waals surface area contributed by atoms with Crippen LogP contribution in [0, 0.1) is 7.14 Å². The Balaban J connectivity index is 1.83. The molecule has 5 heteroatoms. The van der Waals surface area contributed by atoms with Gasteiger partial charge in [-0.3, -0.25) is 0 Å². The van der Waals surface area contributed by atoms with Crippen molar-refractivity contribution in [2.24, 2.45) is 0 Å². The maximum absolute atomic E-state index is 5.64. The van der Waals surface area contributed by atoms with Gasteiger partial charge in [0.15, 0.2) is 0 Å². The summed E-state index contributed by atoms with van der Waals surface area (Å²) in [6.45, 7) is 0. The summed E-state index contributed by atoms with van der Waals surface area (Å²) in [5.74, 6) is 1.78. The van der Waals surface area contributed by atoms with Crippen molar-refractivity contribution < 1.29 is 29.7 Å². The first kappa shape index (κ1) is 13.8. The van der Waals surface area contributed by atoms with Crippen LogP contribution in [0.3, 0.4) is 0 Å². The second-order valence-corrected chi connectivity index (χ2v) is 7.10. The second kappa shape index (κ2) is 7.09. The molecular weight excluding hydrogens is 521 g/mol. The Bertz CT molecular complexity index is 425. The molecule has 2 nitrogen and oxygen atoms in total. The number of benzene rings is 2. The molecule has 0 radical (unpaired) electrons. The average Bonchev–Trinajstić information content (AvgIpc) is 2.34. The SMILES string of the molecule is Ic1ccc([O][Zr][O]c2ccc(I)cc2)cc1. The van der Waals surface area contributed by atoms with Crippen molar-refractivity contribution in [3.8, 4) is 11.5 Å². The fourth-order valence-electron chi connectivity index (χ4n) is 1.12. The molecule has 0 saturated heterocycles. The van der Waals surface area contributed by atoms with Crippen LogP contribution in [-0.2, 0) is 24.1 Å². The van der Waals surface area contributed by atoms with E-state index in [2.05, 4.69) is 45.2 Å². The van der Waals surface area contributed by atoms with Gasteiger partial charge in [0.25, 0.3) is 0 Å². The molecule has 0 saturated carbocycles. The van der Waals surface area contributed by atoms with Crippen LogP contribution < -0.4 is 5.63 Å². The Morgan fingerprint density at radius 2 is 1.00 bits per heavy atom. The molecule has 0 bridgehead atoms. The van der Waals surface area contributed by atoms with Crippen LogP contribution in [0.4, 0.5) is 0 Å². The van der Waals surface area contributed by atoms with E-state index < -0.39 is 24.1 Å². The minimum absolute atomic E-state index is 0.891. The summed E-state index contributed by atoms with van der Waals surface area (Å²) in [5, 5.41) is 0. The summed E-state index contributed by atoms with van der Waals surface area (Å²) in [5.41, 5.74) is 0. The van der Waals surface area contributed by atoms with Crippen LogP contribution in [-0.4, -0.2) is 0 Å². The van der Waals surface area contributed by atoms with Gasteiger partial charge < -0.3 is 0 Å². The molecule has 0 spiro atoms. The maximum atomic E-state index is 5.64.